The summed E-state index contributed by atoms with van der Waals surface area (Å²) in [6.45, 7) is -0.643. The lowest BCUT2D eigenvalue weighted by molar-refractivity contribution is -0.145. The zero-order valence-corrected chi connectivity index (χ0v) is 43.3. The van der Waals surface area contributed by atoms with Gasteiger partial charge in [-0.3, -0.25) is 28.9 Å². The number of aliphatic hydroxyl groups excluding tert-OH is 1. The summed E-state index contributed by atoms with van der Waals surface area (Å²) >= 11 is 5.63. The number of carboxylic acids is 7. The average molecular weight is 1140 g/mol. The number of carbonyl (C=O) groups is 9. The summed E-state index contributed by atoms with van der Waals surface area (Å²) in [5.74, 6) is -8.66. The molecule has 0 aliphatic heterocycles. The number of halogens is 4. The average Bonchev–Trinajstić information content (AvgIpc) is 3.51. The Morgan fingerprint density at radius 1 is 0.556 bits per heavy atom. The van der Waals surface area contributed by atoms with Gasteiger partial charge in [-0.2, -0.15) is 13.2 Å². The van der Waals surface area contributed by atoms with Gasteiger partial charge < -0.3 is 50.9 Å². The van der Waals surface area contributed by atoms with Gasteiger partial charge in [0.25, 0.3) is 5.91 Å². The molecule has 20 nitrogen and oxygen atoms in total. The van der Waals surface area contributed by atoms with E-state index in [4.69, 9.17) is 52.1 Å². The fourth-order valence-electron chi connectivity index (χ4n) is 6.97. The van der Waals surface area contributed by atoms with E-state index in [0.717, 1.165) is 33.4 Å². The van der Waals surface area contributed by atoms with Crippen LogP contribution in [-0.2, 0) is 25.4 Å². The summed E-state index contributed by atoms with van der Waals surface area (Å²) in [4.78, 5) is 99.0. The fourth-order valence-corrected chi connectivity index (χ4v) is 7.10. The number of para-hydroxylation sites is 1. The van der Waals surface area contributed by atoms with Gasteiger partial charge in [0.05, 0.1) is 50.0 Å². The highest BCUT2D eigenvalue weighted by molar-refractivity contribution is 6.30. The van der Waals surface area contributed by atoms with Gasteiger partial charge in [0.15, 0.2) is 11.8 Å². The van der Waals surface area contributed by atoms with E-state index >= 15 is 0 Å². The van der Waals surface area contributed by atoms with E-state index in [9.17, 15) is 61.4 Å². The Hall–Kier alpha value is -9.97. The van der Waals surface area contributed by atoms with E-state index in [-0.39, 0.29) is 33.6 Å². The van der Waals surface area contributed by atoms with Gasteiger partial charge in [-0.15, -0.1) is 0 Å². The highest BCUT2D eigenvalue weighted by Crippen LogP contribution is 2.32. The van der Waals surface area contributed by atoms with Crippen molar-refractivity contribution in [1.29, 1.82) is 0 Å². The molecule has 0 heterocycles. The SMILES string of the molecule is COc1c(C)cccc1C(=O)O.O=C(NC(CO)C(=O)O)c1ccc(Cl)cc1.O=C(O)CN(CC(=O)O)CC(=O)O.O=C(O)c1cc2ccccc2cc1C(=O)c1ccccc1.O=C(O)c1ccccc1-c1ccc(C(F)(F)F)cc1. The molecule has 0 aliphatic carbocycles. The number of rotatable bonds is 17. The van der Waals surface area contributed by atoms with Crippen LogP contribution >= 0.6 is 11.6 Å². The van der Waals surface area contributed by atoms with Crippen LogP contribution in [0.4, 0.5) is 13.2 Å². The number of alkyl halides is 3. The summed E-state index contributed by atoms with van der Waals surface area (Å²) in [5.41, 5.74) is 2.17. The molecule has 0 saturated heterocycles. The number of methoxy groups -OCH3 is 1. The molecule has 7 aromatic carbocycles. The number of carboxylic acid groups (broad SMARTS) is 7. The van der Waals surface area contributed by atoms with Gasteiger partial charge in [-0.25, -0.2) is 19.2 Å². The second-order valence-electron chi connectivity index (χ2n) is 16.5. The van der Waals surface area contributed by atoms with E-state index in [2.05, 4.69) is 5.32 Å². The minimum atomic E-state index is -4.40. The number of aryl methyl sites for hydroxylation is 1. The number of hydrogen-bond acceptors (Lipinski definition) is 12. The van der Waals surface area contributed by atoms with Crippen LogP contribution in [0.1, 0.15) is 68.5 Å². The Balaban J connectivity index is 0.000000270. The first-order chi connectivity index (χ1) is 38.2. The zero-order valence-electron chi connectivity index (χ0n) is 42.5. The Morgan fingerprint density at radius 2 is 1.02 bits per heavy atom. The summed E-state index contributed by atoms with van der Waals surface area (Å²) in [6, 6.07) is 39.6. The van der Waals surface area contributed by atoms with Crippen LogP contribution in [0.15, 0.2) is 158 Å². The van der Waals surface area contributed by atoms with Gasteiger partial charge in [0.2, 0.25) is 0 Å². The zero-order chi connectivity index (χ0) is 60.6. The number of amides is 1. The Labute approximate surface area is 463 Å². The maximum atomic E-state index is 12.6. The minimum Gasteiger partial charge on any atom is -0.496 e. The lowest BCUT2D eigenvalue weighted by Gasteiger charge is -2.14. The molecule has 0 aromatic heterocycles. The van der Waals surface area contributed by atoms with E-state index in [1.165, 1.54) is 55.6 Å². The fraction of sp³-hybridized carbons (Fsp3) is 0.140. The molecule has 0 spiro atoms. The van der Waals surface area contributed by atoms with Gasteiger partial charge in [0, 0.05) is 21.7 Å². The number of ether oxygens (including phenoxy) is 1. The quantitative estimate of drug-likeness (QED) is 0.0385. The standard InChI is InChI=1S/C18H12O3.C14H9F3O2.C10H10ClNO4.C9H10O3.C6H9NO6/c19-17(12-6-2-1-3-7-12)15-10-13-8-4-5-9-14(13)11-16(15)18(20)21;15-14(16,17)10-7-5-9(6-8-10)11-3-1-2-4-12(11)13(18)19;11-7-3-1-6(2-4-7)9(14)12-8(5-13)10(15)16;1-6-4-3-5-7(9(10)11)8(6)12-2;8-4(9)1-7(2-5(10)11)3-6(12)13/h1-11H,(H,20,21);1-8H,(H,18,19);1-4,8,13H,5H2,(H,12,14)(H,15,16);3-5H,1-2H3,(H,10,11);1-3H2,(H,8,9)(H,10,11)(H,12,13). The van der Waals surface area contributed by atoms with Crippen molar-refractivity contribution in [2.45, 2.75) is 19.1 Å². The predicted octanol–water partition coefficient (Wildman–Crippen LogP) is 8.60. The lowest BCUT2D eigenvalue weighted by atomic mass is 9.95. The van der Waals surface area contributed by atoms with E-state index in [1.54, 1.807) is 60.7 Å². The normalized spacial score (nSPS) is 10.7. The molecular weight excluding hydrogens is 1090 g/mol. The van der Waals surface area contributed by atoms with Crippen LogP contribution in [0.2, 0.25) is 5.02 Å². The van der Waals surface area contributed by atoms with Crippen molar-refractivity contribution in [2.75, 3.05) is 33.4 Å². The number of benzene rings is 7. The van der Waals surface area contributed by atoms with Crippen LogP contribution in [0.5, 0.6) is 5.75 Å². The monoisotopic (exact) mass is 1140 g/mol. The first-order valence-electron chi connectivity index (χ1n) is 23.2. The number of aliphatic hydroxyl groups is 1. The highest BCUT2D eigenvalue weighted by atomic mass is 35.5. The second kappa shape index (κ2) is 31.4. The minimum absolute atomic E-state index is 0.0301. The third-order valence-electron chi connectivity index (χ3n) is 10.7. The largest absolute Gasteiger partial charge is 0.496 e. The molecule has 0 saturated carbocycles. The lowest BCUT2D eigenvalue weighted by Crippen LogP contribution is -2.43. The number of hydrogen-bond donors (Lipinski definition) is 9. The molecule has 81 heavy (non-hydrogen) atoms. The number of ketones is 1. The van der Waals surface area contributed by atoms with Crippen LogP contribution in [0, 0.1) is 6.92 Å². The Bertz CT molecular complexity index is 3320. The molecule has 424 valence electrons. The van der Waals surface area contributed by atoms with Crippen molar-refractivity contribution in [2.24, 2.45) is 0 Å². The number of nitrogens with one attached hydrogen (secondary N) is 1. The van der Waals surface area contributed by atoms with Crippen molar-refractivity contribution in [3.63, 3.8) is 0 Å². The Kier molecular flexibility index (Phi) is 25.3. The maximum Gasteiger partial charge on any atom is 0.416 e. The number of carbonyl (C=O) groups excluding carboxylic acids is 2. The van der Waals surface area contributed by atoms with E-state index < -0.39 is 91.7 Å². The molecule has 1 atom stereocenters. The maximum absolute atomic E-state index is 12.6. The molecular formula is C57H50ClF3N2O18. The molecule has 0 bridgehead atoms. The third-order valence-corrected chi connectivity index (χ3v) is 10.9. The van der Waals surface area contributed by atoms with E-state index in [1.807, 2.05) is 43.3 Å². The third kappa shape index (κ3) is 21.1. The van der Waals surface area contributed by atoms with Crippen molar-refractivity contribution in [1.82, 2.24) is 10.2 Å². The van der Waals surface area contributed by atoms with Gasteiger partial charge in [0.1, 0.15) is 11.3 Å². The molecule has 7 aromatic rings. The summed E-state index contributed by atoms with van der Waals surface area (Å²) in [5, 5.41) is 73.6. The summed E-state index contributed by atoms with van der Waals surface area (Å²) in [7, 11) is 1.47. The van der Waals surface area contributed by atoms with Crippen molar-refractivity contribution in [3.8, 4) is 16.9 Å². The molecule has 24 heteroatoms. The van der Waals surface area contributed by atoms with Gasteiger partial charge in [-0.05, 0) is 95.1 Å². The number of aromatic carboxylic acids is 3. The topological polar surface area (TPSA) is 340 Å². The number of fused-ring (bicyclic) bond motifs is 1. The summed E-state index contributed by atoms with van der Waals surface area (Å²) < 4.78 is 42.3. The van der Waals surface area contributed by atoms with Crippen LogP contribution < -0.4 is 10.1 Å². The van der Waals surface area contributed by atoms with Crippen LogP contribution in [0.25, 0.3) is 21.9 Å². The first-order valence-corrected chi connectivity index (χ1v) is 23.6. The molecule has 1 amide bonds. The molecule has 0 radical (unpaired) electrons. The number of nitrogens with zero attached hydrogens (tertiary/aromatic N) is 1. The van der Waals surface area contributed by atoms with Crippen molar-refractivity contribution >= 4 is 75.8 Å². The van der Waals surface area contributed by atoms with Crippen molar-refractivity contribution < 1.29 is 102 Å². The highest BCUT2D eigenvalue weighted by Gasteiger charge is 2.30. The van der Waals surface area contributed by atoms with Gasteiger partial charge in [-0.1, -0.05) is 109 Å². The second-order valence-corrected chi connectivity index (χ2v) is 16.9. The molecule has 0 aliphatic rings. The summed E-state index contributed by atoms with van der Waals surface area (Å²) in [6.07, 6.45) is -4.40. The molecule has 7 rings (SSSR count). The van der Waals surface area contributed by atoms with Gasteiger partial charge >= 0.3 is 48.0 Å². The van der Waals surface area contributed by atoms with Crippen molar-refractivity contribution in [3.05, 3.63) is 207 Å². The molecule has 1 unspecified atom stereocenters. The molecule has 0 fully saturated rings. The van der Waals surface area contributed by atoms with Crippen LogP contribution in [0.3, 0.4) is 0 Å². The Morgan fingerprint density at radius 3 is 1.47 bits per heavy atom. The molecule has 9 N–H and O–H groups in total. The van der Waals surface area contributed by atoms with E-state index in [0.29, 0.717) is 27.5 Å². The predicted molar refractivity (Wildman–Crippen MR) is 286 cm³/mol. The first kappa shape index (κ1) is 65.3. The number of aliphatic carboxylic acids is 4. The van der Waals surface area contributed by atoms with Crippen LogP contribution in [-0.4, -0.2) is 139 Å². The smallest absolute Gasteiger partial charge is 0.416 e.